The number of carbonyl (C=O) groups excluding carboxylic acids is 4. The van der Waals surface area contributed by atoms with E-state index in [1.165, 1.54) is 23.5 Å². The molecular weight excluding hydrogens is 776 g/mol. The third-order valence-electron chi connectivity index (χ3n) is 8.24. The van der Waals surface area contributed by atoms with Gasteiger partial charge in [-0.2, -0.15) is 0 Å². The zero-order valence-electron chi connectivity index (χ0n) is 28.0. The van der Waals surface area contributed by atoms with Crippen molar-refractivity contribution in [3.8, 4) is 0 Å². The van der Waals surface area contributed by atoms with E-state index in [0.717, 1.165) is 9.80 Å². The van der Waals surface area contributed by atoms with Gasteiger partial charge in [-0.05, 0) is 11.1 Å². The molecule has 4 unspecified atom stereocenters. The maximum absolute atomic E-state index is 12.3. The minimum atomic E-state index is -3.02. The van der Waals surface area contributed by atoms with E-state index in [4.69, 9.17) is 11.5 Å². The van der Waals surface area contributed by atoms with Crippen molar-refractivity contribution in [2.45, 2.75) is 34.9 Å². The van der Waals surface area contributed by atoms with Crippen LogP contribution in [0.15, 0.2) is 82.7 Å². The Hall–Kier alpha value is -1.54. The van der Waals surface area contributed by atoms with Crippen LogP contribution in [0.2, 0.25) is 0 Å². The third kappa shape index (κ3) is 9.28. The van der Waals surface area contributed by atoms with Gasteiger partial charge >= 0.3 is 75.2 Å². The molecule has 0 saturated carbocycles. The summed E-state index contributed by atoms with van der Waals surface area (Å²) in [5.74, 6) is -1.50. The first-order valence-corrected chi connectivity index (χ1v) is 19.4. The fourth-order valence-corrected chi connectivity index (χ4v) is 10.3. The van der Waals surface area contributed by atoms with Gasteiger partial charge in [-0.1, -0.05) is 69.8 Å². The summed E-state index contributed by atoms with van der Waals surface area (Å²) < 4.78 is 22.9. The summed E-state index contributed by atoms with van der Waals surface area (Å²) in [4.78, 5) is 74.4. The van der Waals surface area contributed by atoms with Crippen molar-refractivity contribution in [3.63, 3.8) is 0 Å². The molecule has 8 atom stereocenters. The molecule has 16 nitrogen and oxygen atoms in total. The summed E-state index contributed by atoms with van der Waals surface area (Å²) in [5, 5.41) is 22.7. The number of thioether (sulfide) groups is 2. The summed E-state index contributed by atoms with van der Waals surface area (Å²) in [7, 11) is -6.04. The van der Waals surface area contributed by atoms with Crippen LogP contribution < -0.4 is 91.0 Å². The number of β-lactam (4-membered cyclic amide) rings is 2. The predicted octanol–water partition coefficient (Wildman–Crippen LogP) is -7.21. The zero-order chi connectivity index (χ0) is 36.3. The van der Waals surface area contributed by atoms with Crippen LogP contribution in [-0.2, 0) is 28.3 Å². The van der Waals surface area contributed by atoms with Crippen LogP contribution in [0.3, 0.4) is 0 Å². The first-order chi connectivity index (χ1) is 23.9. The number of fused-ring (bicyclic) bond motifs is 2. The Bertz CT molecular complexity index is 1650. The third-order valence-corrected chi connectivity index (χ3v) is 12.7. The number of aliphatic hydroxyl groups excluding tert-OH is 2. The van der Waals surface area contributed by atoms with Gasteiger partial charge in [0.15, 0.2) is 0 Å². The number of nitrogens with zero attached hydrogens (tertiary/aromatic N) is 2. The maximum Gasteiger partial charge on any atom is 1.00 e. The predicted molar refractivity (Wildman–Crippen MR) is 180 cm³/mol. The van der Waals surface area contributed by atoms with E-state index in [-0.39, 0.29) is 92.6 Å². The molecule has 0 radical (unpaired) electrons. The van der Waals surface area contributed by atoms with E-state index in [1.807, 2.05) is 0 Å². The van der Waals surface area contributed by atoms with Crippen molar-refractivity contribution >= 4 is 63.2 Å². The van der Waals surface area contributed by atoms with Crippen LogP contribution in [0.1, 0.15) is 23.2 Å². The van der Waals surface area contributed by atoms with Crippen molar-refractivity contribution in [1.29, 1.82) is 0 Å². The van der Waals surface area contributed by atoms with Gasteiger partial charge in [-0.25, -0.2) is 0 Å². The Balaban J connectivity index is 0.000000270. The molecule has 52 heavy (non-hydrogen) atoms. The average molecular weight is 809 g/mol. The van der Waals surface area contributed by atoms with Crippen molar-refractivity contribution in [2.75, 3.05) is 24.7 Å². The van der Waals surface area contributed by atoms with Crippen LogP contribution in [0.25, 0.3) is 0 Å². The van der Waals surface area contributed by atoms with E-state index >= 15 is 0 Å². The molecule has 4 aliphatic rings. The second-order valence-corrected chi connectivity index (χ2v) is 15.3. The number of rotatable bonds is 10. The number of amides is 4. The van der Waals surface area contributed by atoms with E-state index in [9.17, 15) is 48.3 Å². The van der Waals surface area contributed by atoms with E-state index in [1.54, 1.807) is 60.7 Å². The van der Waals surface area contributed by atoms with E-state index < -0.39 is 87.8 Å². The summed E-state index contributed by atoms with van der Waals surface area (Å²) in [5.41, 5.74) is 13.3. The molecule has 264 valence electrons. The topological polar surface area (TPSA) is 272 Å². The Kier molecular flexibility index (Phi) is 17.1. The fourth-order valence-electron chi connectivity index (χ4n) is 5.60. The van der Waals surface area contributed by atoms with Crippen molar-refractivity contribution in [3.05, 3.63) is 93.8 Å². The van der Waals surface area contributed by atoms with Gasteiger partial charge in [0.2, 0.25) is 11.8 Å². The Morgan fingerprint density at radius 2 is 1.06 bits per heavy atom. The molecule has 2 aromatic carbocycles. The number of aliphatic hydroxyl groups is 2. The van der Waals surface area contributed by atoms with Gasteiger partial charge in [0, 0.05) is 22.7 Å². The monoisotopic (exact) mass is 808 g/mol. The van der Waals surface area contributed by atoms with Gasteiger partial charge in [-0.3, -0.25) is 29.0 Å². The molecule has 0 spiro atoms. The minimum Gasteiger partial charge on any atom is -0.590 e. The van der Waals surface area contributed by atoms with Crippen molar-refractivity contribution in [1.82, 2.24) is 20.4 Å². The number of benzene rings is 2. The molecule has 0 aliphatic carbocycles. The number of nitrogens with one attached hydrogen (secondary N) is 2. The van der Waals surface area contributed by atoms with Crippen LogP contribution in [-0.4, -0.2) is 91.2 Å². The standard InChI is InChI=1S/2C15H16N3O5PS.2Na/c2*16-10(8-4-2-1-3-5-8)12(20)17-11-13(21)18-14(24(22)23)9(6-19)7-25-15(11)18;;/h2*1-5,10-11,15,19H,6-7,16H2,(H,17,20);;/q;;2*+1/t2*10?,11-,15+;;/m11../s1. The van der Waals surface area contributed by atoms with Crippen LogP contribution in [0, 0.1) is 0 Å². The Morgan fingerprint density at radius 3 is 1.35 bits per heavy atom. The SMILES string of the molecule is NC(C(=O)N[C@@H]1C(=O)N2C([P+](=O)[O-])=C(CO)CS[C@@H]12)c1ccccc1.NC(C(=O)N[C@@H]1C(=O)N2C([P+](=O)[O-])=C(CO)CS[C@@H]12)c1ccccc1.[Na+].[Na+]. The number of nitrogens with two attached hydrogens (primary N) is 2. The maximum atomic E-state index is 12.3. The fraction of sp³-hybridized carbons (Fsp3) is 0.333. The molecule has 8 N–H and O–H groups in total. The molecule has 6 rings (SSSR count). The smallest absolute Gasteiger partial charge is 0.590 e. The molecule has 22 heteroatoms. The van der Waals surface area contributed by atoms with Gasteiger partial charge in [0.25, 0.3) is 22.7 Å². The Morgan fingerprint density at radius 1 is 0.731 bits per heavy atom. The van der Waals surface area contributed by atoms with Crippen LogP contribution in [0.5, 0.6) is 0 Å². The molecule has 4 heterocycles. The van der Waals surface area contributed by atoms with Crippen molar-refractivity contribution < 1.29 is 107 Å². The number of hydrogen-bond donors (Lipinski definition) is 6. The van der Waals surface area contributed by atoms with Gasteiger partial charge in [0.05, 0.1) is 13.2 Å². The second kappa shape index (κ2) is 19.9. The van der Waals surface area contributed by atoms with E-state index in [0.29, 0.717) is 11.1 Å². The quantitative estimate of drug-likeness (QED) is 0.0740. The molecule has 4 amide bonds. The summed E-state index contributed by atoms with van der Waals surface area (Å²) in [6.07, 6.45) is 0. The largest absolute Gasteiger partial charge is 1.00 e. The molecule has 2 aromatic rings. The molecular formula is C30H32N6Na2O10P2S2+2. The molecule has 2 fully saturated rings. The van der Waals surface area contributed by atoms with Crippen LogP contribution >= 0.6 is 39.6 Å². The van der Waals surface area contributed by atoms with E-state index in [2.05, 4.69) is 10.6 Å². The molecule has 0 aromatic heterocycles. The summed E-state index contributed by atoms with van der Waals surface area (Å²) >= 11 is 2.58. The van der Waals surface area contributed by atoms with Gasteiger partial charge < -0.3 is 42.1 Å². The first-order valence-electron chi connectivity index (χ1n) is 15.0. The normalized spacial score (nSPS) is 23.4. The average Bonchev–Trinajstić information content (AvgIpc) is 3.14. The first kappa shape index (κ1) is 44.9. The molecule has 4 aliphatic heterocycles. The van der Waals surface area contributed by atoms with Crippen LogP contribution in [0.4, 0.5) is 0 Å². The number of carbonyl (C=O) groups is 4. The van der Waals surface area contributed by atoms with Crippen molar-refractivity contribution in [2.24, 2.45) is 11.5 Å². The summed E-state index contributed by atoms with van der Waals surface area (Å²) in [6.45, 7) is -0.865. The second-order valence-electron chi connectivity index (χ2n) is 11.3. The summed E-state index contributed by atoms with van der Waals surface area (Å²) in [6, 6.07) is 14.0. The minimum absolute atomic E-state index is 0. The van der Waals surface area contributed by atoms with Gasteiger partial charge in [-0.15, -0.1) is 23.5 Å². The zero-order valence-corrected chi connectivity index (χ0v) is 35.4. The van der Waals surface area contributed by atoms with Gasteiger partial charge in [0.1, 0.15) is 34.9 Å². The Labute approximate surface area is 352 Å². The molecule has 0 bridgehead atoms. The number of hydrogen-bond acceptors (Lipinski definition) is 14. The molecule has 2 saturated heterocycles.